The van der Waals surface area contributed by atoms with Crippen LogP contribution in [-0.2, 0) is 15.0 Å². The summed E-state index contributed by atoms with van der Waals surface area (Å²) in [5, 5.41) is 2.79. The van der Waals surface area contributed by atoms with E-state index < -0.39 is 28.5 Å². The first-order valence-corrected chi connectivity index (χ1v) is 10.5. The number of hydrogen-bond donors (Lipinski definition) is 1. The van der Waals surface area contributed by atoms with Crippen molar-refractivity contribution >= 4 is 21.8 Å². The normalized spacial score (nSPS) is 12.5. The maximum absolute atomic E-state index is 13.2. The summed E-state index contributed by atoms with van der Waals surface area (Å²) in [5.74, 6) is -0.250. The second-order valence-corrected chi connectivity index (χ2v) is 8.63. The summed E-state index contributed by atoms with van der Waals surface area (Å²) in [6, 6.07) is 11.9. The fraction of sp³-hybridized carbons (Fsp3) is 0.350. The van der Waals surface area contributed by atoms with Crippen LogP contribution in [0.5, 0.6) is 5.75 Å². The van der Waals surface area contributed by atoms with Gasteiger partial charge in [0.15, 0.2) is 0 Å². The second kappa shape index (κ2) is 9.71. The predicted molar refractivity (Wildman–Crippen MR) is 111 cm³/mol. The molecule has 2 aromatic carbocycles. The number of anilines is 1. The number of carbonyl (C=O) groups excluding carboxylic acids is 1. The summed E-state index contributed by atoms with van der Waals surface area (Å²) < 4.78 is 45.9. The van der Waals surface area contributed by atoms with E-state index >= 15 is 0 Å². The number of amides is 1. The van der Waals surface area contributed by atoms with Crippen LogP contribution in [0.4, 0.5) is 10.1 Å². The van der Waals surface area contributed by atoms with Crippen molar-refractivity contribution in [3.63, 3.8) is 0 Å². The van der Waals surface area contributed by atoms with Gasteiger partial charge in [-0.1, -0.05) is 12.1 Å². The Labute approximate surface area is 171 Å². The molecule has 1 N–H and O–H groups in total. The van der Waals surface area contributed by atoms with E-state index in [1.165, 1.54) is 26.2 Å². The van der Waals surface area contributed by atoms with E-state index in [4.69, 9.17) is 4.74 Å². The minimum Gasteiger partial charge on any atom is -0.494 e. The molecule has 158 valence electrons. The topological polar surface area (TPSA) is 79.0 Å². The van der Waals surface area contributed by atoms with Gasteiger partial charge in [-0.2, -0.15) is 12.7 Å². The zero-order valence-electron chi connectivity index (χ0n) is 16.9. The number of nitrogens with one attached hydrogen (secondary N) is 1. The summed E-state index contributed by atoms with van der Waals surface area (Å²) >= 11 is 0. The van der Waals surface area contributed by atoms with Gasteiger partial charge in [-0.15, -0.1) is 0 Å². The standard InChI is InChI=1S/C20H26FN3O4S/c1-5-28-19-12-6-16(7-13-19)15(2)22-20(25)14-24(29(26,27)23(3)4)18-10-8-17(21)9-11-18/h6-13,15H,5,14H2,1-4H3,(H,22,25). The Kier molecular flexibility index (Phi) is 7.58. The van der Waals surface area contributed by atoms with Crippen LogP contribution < -0.4 is 14.4 Å². The van der Waals surface area contributed by atoms with Gasteiger partial charge in [0.1, 0.15) is 18.1 Å². The molecule has 1 amide bonds. The van der Waals surface area contributed by atoms with Crippen molar-refractivity contribution in [2.45, 2.75) is 19.9 Å². The van der Waals surface area contributed by atoms with Crippen molar-refractivity contribution < 1.29 is 22.3 Å². The monoisotopic (exact) mass is 423 g/mol. The molecule has 0 heterocycles. The lowest BCUT2D eigenvalue weighted by atomic mass is 10.1. The highest BCUT2D eigenvalue weighted by Crippen LogP contribution is 2.21. The Hall–Kier alpha value is -2.65. The molecule has 7 nitrogen and oxygen atoms in total. The minimum atomic E-state index is -3.95. The van der Waals surface area contributed by atoms with Crippen molar-refractivity contribution in [3.05, 3.63) is 59.9 Å². The maximum atomic E-state index is 13.2. The molecule has 1 unspecified atom stereocenters. The van der Waals surface area contributed by atoms with Gasteiger partial charge in [-0.05, 0) is 55.8 Å². The molecule has 0 aliphatic heterocycles. The maximum Gasteiger partial charge on any atom is 0.304 e. The SMILES string of the molecule is CCOc1ccc(C(C)NC(=O)CN(c2ccc(F)cc2)S(=O)(=O)N(C)C)cc1. The second-order valence-electron chi connectivity index (χ2n) is 6.56. The first-order chi connectivity index (χ1) is 13.6. The van der Waals surface area contributed by atoms with Crippen LogP contribution in [0.2, 0.25) is 0 Å². The Bertz CT molecular complexity index is 916. The summed E-state index contributed by atoms with van der Waals surface area (Å²) in [5.41, 5.74) is 1.05. The molecule has 0 bridgehead atoms. The van der Waals surface area contributed by atoms with Gasteiger partial charge in [-0.3, -0.25) is 4.79 Å². The zero-order chi connectivity index (χ0) is 21.6. The molecule has 0 saturated carbocycles. The summed E-state index contributed by atoms with van der Waals surface area (Å²) in [7, 11) is -1.21. The third-order valence-corrected chi connectivity index (χ3v) is 6.03. The lowest BCUT2D eigenvalue weighted by Gasteiger charge is -2.27. The van der Waals surface area contributed by atoms with Crippen LogP contribution in [0, 0.1) is 5.82 Å². The largest absolute Gasteiger partial charge is 0.494 e. The Morgan fingerprint density at radius 2 is 1.69 bits per heavy atom. The highest BCUT2D eigenvalue weighted by molar-refractivity contribution is 7.90. The van der Waals surface area contributed by atoms with E-state index in [1.54, 1.807) is 6.92 Å². The van der Waals surface area contributed by atoms with Crippen molar-refractivity contribution in [2.24, 2.45) is 0 Å². The van der Waals surface area contributed by atoms with Crippen molar-refractivity contribution in [1.82, 2.24) is 9.62 Å². The van der Waals surface area contributed by atoms with Crippen molar-refractivity contribution in [3.8, 4) is 5.75 Å². The fourth-order valence-electron chi connectivity index (χ4n) is 2.63. The van der Waals surface area contributed by atoms with Gasteiger partial charge in [0.05, 0.1) is 18.3 Å². The van der Waals surface area contributed by atoms with Gasteiger partial charge < -0.3 is 10.1 Å². The van der Waals surface area contributed by atoms with Gasteiger partial charge in [0.25, 0.3) is 0 Å². The molecule has 0 aliphatic carbocycles. The molecule has 2 rings (SSSR count). The van der Waals surface area contributed by atoms with Gasteiger partial charge in [-0.25, -0.2) is 8.70 Å². The first-order valence-electron chi connectivity index (χ1n) is 9.13. The third-order valence-electron chi connectivity index (χ3n) is 4.21. The first kappa shape index (κ1) is 22.6. The van der Waals surface area contributed by atoms with Gasteiger partial charge in [0, 0.05) is 14.1 Å². The Morgan fingerprint density at radius 1 is 1.10 bits per heavy atom. The van der Waals surface area contributed by atoms with Crippen LogP contribution in [-0.4, -0.2) is 45.9 Å². The van der Waals surface area contributed by atoms with Crippen LogP contribution in [0.25, 0.3) is 0 Å². The molecule has 9 heteroatoms. The fourth-order valence-corrected chi connectivity index (χ4v) is 3.69. The van der Waals surface area contributed by atoms with Crippen molar-refractivity contribution in [1.29, 1.82) is 0 Å². The van der Waals surface area contributed by atoms with E-state index in [2.05, 4.69) is 5.32 Å². The Balaban J connectivity index is 2.15. The van der Waals surface area contributed by atoms with Gasteiger partial charge in [0.2, 0.25) is 5.91 Å². The summed E-state index contributed by atoms with van der Waals surface area (Å²) in [6.07, 6.45) is 0. The smallest absolute Gasteiger partial charge is 0.304 e. The molecule has 2 aromatic rings. The molecule has 0 radical (unpaired) electrons. The number of ether oxygens (including phenoxy) is 1. The number of rotatable bonds is 9. The molecule has 0 aliphatic rings. The number of hydrogen-bond acceptors (Lipinski definition) is 4. The number of benzene rings is 2. The molecule has 0 fully saturated rings. The quantitative estimate of drug-likeness (QED) is 0.673. The third kappa shape index (κ3) is 5.91. The number of halogens is 1. The van der Waals surface area contributed by atoms with E-state index in [9.17, 15) is 17.6 Å². The van der Waals surface area contributed by atoms with Crippen molar-refractivity contribution in [2.75, 3.05) is 31.6 Å². The van der Waals surface area contributed by atoms with Crippen LogP contribution >= 0.6 is 0 Å². The average molecular weight is 424 g/mol. The molecular weight excluding hydrogens is 397 g/mol. The summed E-state index contributed by atoms with van der Waals surface area (Å²) in [6.45, 7) is 3.82. The molecule has 0 aromatic heterocycles. The molecule has 0 saturated heterocycles. The molecule has 29 heavy (non-hydrogen) atoms. The van der Waals surface area contributed by atoms with E-state index in [0.717, 1.165) is 32.1 Å². The lowest BCUT2D eigenvalue weighted by Crippen LogP contribution is -2.46. The summed E-state index contributed by atoms with van der Waals surface area (Å²) in [4.78, 5) is 12.6. The highest BCUT2D eigenvalue weighted by atomic mass is 32.2. The minimum absolute atomic E-state index is 0.198. The number of carbonyl (C=O) groups is 1. The molecule has 0 spiro atoms. The van der Waals surface area contributed by atoms with Crippen LogP contribution in [0.15, 0.2) is 48.5 Å². The van der Waals surface area contributed by atoms with E-state index in [1.807, 2.05) is 31.2 Å². The number of nitrogens with zero attached hydrogens (tertiary/aromatic N) is 2. The molecule has 1 atom stereocenters. The predicted octanol–water partition coefficient (Wildman–Crippen LogP) is 2.71. The average Bonchev–Trinajstić information content (AvgIpc) is 2.67. The zero-order valence-corrected chi connectivity index (χ0v) is 17.7. The van der Waals surface area contributed by atoms with E-state index in [-0.39, 0.29) is 11.7 Å². The Morgan fingerprint density at radius 3 is 2.21 bits per heavy atom. The van der Waals surface area contributed by atoms with E-state index in [0.29, 0.717) is 6.61 Å². The lowest BCUT2D eigenvalue weighted by molar-refractivity contribution is -0.120. The highest BCUT2D eigenvalue weighted by Gasteiger charge is 2.27. The molecular formula is C20H26FN3O4S. The van der Waals surface area contributed by atoms with Crippen LogP contribution in [0.1, 0.15) is 25.5 Å². The van der Waals surface area contributed by atoms with Crippen LogP contribution in [0.3, 0.4) is 0 Å². The van der Waals surface area contributed by atoms with Gasteiger partial charge >= 0.3 is 10.2 Å².